The van der Waals surface area contributed by atoms with Crippen LogP contribution >= 0.6 is 0 Å². The highest BCUT2D eigenvalue weighted by molar-refractivity contribution is 7.89. The molecule has 1 aliphatic rings. The molecule has 0 saturated carbocycles. The highest BCUT2D eigenvalue weighted by Crippen LogP contribution is 2.22. The van der Waals surface area contributed by atoms with E-state index >= 15 is 0 Å². The minimum Gasteiger partial charge on any atom is -0.377 e. The number of benzene rings is 1. The second-order valence-corrected chi connectivity index (χ2v) is 7.35. The summed E-state index contributed by atoms with van der Waals surface area (Å²) >= 11 is 0. The Labute approximate surface area is 121 Å². The summed E-state index contributed by atoms with van der Waals surface area (Å²) in [6, 6.07) is 3.46. The molecule has 0 aromatic heterocycles. The van der Waals surface area contributed by atoms with E-state index in [9.17, 15) is 8.42 Å². The van der Waals surface area contributed by atoms with Gasteiger partial charge in [-0.15, -0.1) is 0 Å². The predicted molar refractivity (Wildman–Crippen MR) is 79.4 cm³/mol. The van der Waals surface area contributed by atoms with Gasteiger partial charge in [0.05, 0.1) is 11.0 Å². The van der Waals surface area contributed by atoms with Gasteiger partial charge in [-0.1, -0.05) is 6.07 Å². The van der Waals surface area contributed by atoms with E-state index in [0.29, 0.717) is 4.90 Å². The Balaban J connectivity index is 2.24. The van der Waals surface area contributed by atoms with Gasteiger partial charge < -0.3 is 4.74 Å². The fraction of sp³-hybridized carbons (Fsp3) is 0.600. The van der Waals surface area contributed by atoms with Gasteiger partial charge in [0, 0.05) is 12.6 Å². The molecular weight excluding hydrogens is 274 g/mol. The molecule has 5 heteroatoms. The summed E-state index contributed by atoms with van der Waals surface area (Å²) in [4.78, 5) is 0.366. The molecule has 1 N–H and O–H groups in total. The Kier molecular flexibility index (Phi) is 4.52. The van der Waals surface area contributed by atoms with Crippen molar-refractivity contribution >= 4 is 10.0 Å². The molecule has 0 amide bonds. The third kappa shape index (κ3) is 3.22. The molecule has 0 aliphatic carbocycles. The van der Waals surface area contributed by atoms with Gasteiger partial charge in [0.2, 0.25) is 10.0 Å². The molecule has 1 saturated heterocycles. The van der Waals surface area contributed by atoms with Crippen LogP contribution in [0.5, 0.6) is 0 Å². The zero-order valence-corrected chi connectivity index (χ0v) is 13.4. The SMILES string of the molecule is Cc1cc(C)c(S(=O)(=O)N[C@@H](C)[C@@H]2CCCO2)cc1C. The van der Waals surface area contributed by atoms with Crippen molar-refractivity contribution in [2.24, 2.45) is 0 Å². The van der Waals surface area contributed by atoms with Crippen LogP contribution in [-0.2, 0) is 14.8 Å². The zero-order chi connectivity index (χ0) is 14.9. The molecule has 1 aliphatic heterocycles. The van der Waals surface area contributed by atoms with E-state index in [1.807, 2.05) is 33.8 Å². The van der Waals surface area contributed by atoms with Crippen molar-refractivity contribution < 1.29 is 13.2 Å². The standard InChI is InChI=1S/C15H23NO3S/c1-10-8-12(3)15(9-11(10)2)20(17,18)16-13(4)14-6-5-7-19-14/h8-9,13-14,16H,5-7H2,1-4H3/t13-,14-/m0/s1. The summed E-state index contributed by atoms with van der Waals surface area (Å²) in [7, 11) is -3.50. The fourth-order valence-corrected chi connectivity index (χ4v) is 4.19. The van der Waals surface area contributed by atoms with Crippen molar-refractivity contribution in [3.63, 3.8) is 0 Å². The Morgan fingerprint density at radius 2 is 1.85 bits per heavy atom. The van der Waals surface area contributed by atoms with Gasteiger partial charge in [0.25, 0.3) is 0 Å². The van der Waals surface area contributed by atoms with E-state index in [-0.39, 0.29) is 12.1 Å². The summed E-state index contributed by atoms with van der Waals surface area (Å²) in [6.45, 7) is 8.33. The van der Waals surface area contributed by atoms with E-state index in [1.165, 1.54) is 0 Å². The van der Waals surface area contributed by atoms with Gasteiger partial charge in [-0.3, -0.25) is 0 Å². The van der Waals surface area contributed by atoms with Crippen LogP contribution in [0.25, 0.3) is 0 Å². The van der Waals surface area contributed by atoms with Gasteiger partial charge >= 0.3 is 0 Å². The topological polar surface area (TPSA) is 55.4 Å². The third-order valence-corrected chi connectivity index (χ3v) is 5.65. The lowest BCUT2D eigenvalue weighted by Gasteiger charge is -2.21. The van der Waals surface area contributed by atoms with Crippen LogP contribution in [0, 0.1) is 20.8 Å². The number of hydrogen-bond acceptors (Lipinski definition) is 3. The van der Waals surface area contributed by atoms with Gasteiger partial charge in [-0.2, -0.15) is 0 Å². The maximum atomic E-state index is 12.5. The molecule has 0 unspecified atom stereocenters. The normalized spacial score (nSPS) is 21.1. The van der Waals surface area contributed by atoms with Crippen molar-refractivity contribution in [3.05, 3.63) is 28.8 Å². The van der Waals surface area contributed by atoms with Crippen LogP contribution in [0.4, 0.5) is 0 Å². The van der Waals surface area contributed by atoms with Crippen LogP contribution in [0.15, 0.2) is 17.0 Å². The molecule has 1 aromatic carbocycles. The van der Waals surface area contributed by atoms with E-state index in [1.54, 1.807) is 6.07 Å². The number of hydrogen-bond donors (Lipinski definition) is 1. The Bertz CT molecular complexity index is 589. The number of nitrogens with one attached hydrogen (secondary N) is 1. The molecular formula is C15H23NO3S. The van der Waals surface area contributed by atoms with Crippen LogP contribution in [0.2, 0.25) is 0 Å². The number of ether oxygens (including phenoxy) is 1. The van der Waals surface area contributed by atoms with E-state index in [0.717, 1.165) is 36.1 Å². The highest BCUT2D eigenvalue weighted by Gasteiger charge is 2.27. The summed E-state index contributed by atoms with van der Waals surface area (Å²) in [6.07, 6.45) is 1.89. The van der Waals surface area contributed by atoms with E-state index in [4.69, 9.17) is 4.74 Å². The van der Waals surface area contributed by atoms with Crippen molar-refractivity contribution in [1.29, 1.82) is 0 Å². The minimum absolute atomic E-state index is 0.0170. The molecule has 1 fully saturated rings. The maximum Gasteiger partial charge on any atom is 0.241 e. The lowest BCUT2D eigenvalue weighted by atomic mass is 10.1. The summed E-state index contributed by atoms with van der Waals surface area (Å²) in [5.41, 5.74) is 2.87. The van der Waals surface area contributed by atoms with Crippen LogP contribution < -0.4 is 4.72 Å². The first kappa shape index (κ1) is 15.5. The van der Waals surface area contributed by atoms with Gasteiger partial charge in [0.15, 0.2) is 0 Å². The maximum absolute atomic E-state index is 12.5. The summed E-state index contributed by atoms with van der Waals surface area (Å²) < 4.78 is 33.3. The van der Waals surface area contributed by atoms with Crippen molar-refractivity contribution in [2.75, 3.05) is 6.61 Å². The largest absolute Gasteiger partial charge is 0.377 e. The molecule has 0 radical (unpaired) electrons. The third-order valence-electron chi connectivity index (χ3n) is 3.94. The lowest BCUT2D eigenvalue weighted by molar-refractivity contribution is 0.0902. The monoisotopic (exact) mass is 297 g/mol. The molecule has 0 spiro atoms. The van der Waals surface area contributed by atoms with Gasteiger partial charge in [-0.25, -0.2) is 13.1 Å². The Hall–Kier alpha value is -0.910. The molecule has 1 heterocycles. The number of sulfonamides is 1. The first-order chi connectivity index (χ1) is 9.31. The summed E-state index contributed by atoms with van der Waals surface area (Å²) in [5.74, 6) is 0. The summed E-state index contributed by atoms with van der Waals surface area (Å²) in [5, 5.41) is 0. The Morgan fingerprint density at radius 1 is 1.20 bits per heavy atom. The molecule has 112 valence electrons. The first-order valence-corrected chi connectivity index (χ1v) is 8.51. The highest BCUT2D eigenvalue weighted by atomic mass is 32.2. The quantitative estimate of drug-likeness (QED) is 0.929. The smallest absolute Gasteiger partial charge is 0.241 e. The van der Waals surface area contributed by atoms with E-state index < -0.39 is 10.0 Å². The molecule has 0 bridgehead atoms. The molecule has 20 heavy (non-hydrogen) atoms. The van der Waals surface area contributed by atoms with Crippen molar-refractivity contribution in [2.45, 2.75) is 57.6 Å². The molecule has 4 nitrogen and oxygen atoms in total. The first-order valence-electron chi connectivity index (χ1n) is 7.03. The van der Waals surface area contributed by atoms with Crippen LogP contribution in [-0.4, -0.2) is 27.2 Å². The van der Waals surface area contributed by atoms with Gasteiger partial charge in [-0.05, 0) is 63.3 Å². The molecule has 1 aromatic rings. The zero-order valence-electron chi connectivity index (χ0n) is 12.6. The van der Waals surface area contributed by atoms with Crippen LogP contribution in [0.1, 0.15) is 36.5 Å². The van der Waals surface area contributed by atoms with Crippen molar-refractivity contribution in [1.82, 2.24) is 4.72 Å². The number of rotatable bonds is 4. The lowest BCUT2D eigenvalue weighted by Crippen LogP contribution is -2.41. The predicted octanol–water partition coefficient (Wildman–Crippen LogP) is 2.46. The molecule has 2 rings (SSSR count). The average molecular weight is 297 g/mol. The van der Waals surface area contributed by atoms with Gasteiger partial charge in [0.1, 0.15) is 0 Å². The van der Waals surface area contributed by atoms with Crippen LogP contribution in [0.3, 0.4) is 0 Å². The number of aryl methyl sites for hydroxylation is 3. The second-order valence-electron chi connectivity index (χ2n) is 5.66. The second kappa shape index (κ2) is 5.84. The average Bonchev–Trinajstić information content (AvgIpc) is 2.86. The Morgan fingerprint density at radius 3 is 2.45 bits per heavy atom. The van der Waals surface area contributed by atoms with E-state index in [2.05, 4.69) is 4.72 Å². The van der Waals surface area contributed by atoms with Crippen molar-refractivity contribution in [3.8, 4) is 0 Å². The minimum atomic E-state index is -3.50. The molecule has 2 atom stereocenters. The fourth-order valence-electron chi connectivity index (χ4n) is 2.60.